The second kappa shape index (κ2) is 8.02. The quantitative estimate of drug-likeness (QED) is 0.763. The van der Waals surface area contributed by atoms with Gasteiger partial charge in [-0.2, -0.15) is 0 Å². The van der Waals surface area contributed by atoms with Crippen LogP contribution in [-0.2, 0) is 16.6 Å². The molecular formula is C18H24N2O2S. The van der Waals surface area contributed by atoms with Crippen LogP contribution in [0, 0.1) is 6.92 Å². The van der Waals surface area contributed by atoms with Crippen molar-refractivity contribution in [2.45, 2.75) is 33.2 Å². The van der Waals surface area contributed by atoms with Crippen molar-refractivity contribution in [3.63, 3.8) is 0 Å². The van der Waals surface area contributed by atoms with E-state index in [9.17, 15) is 8.42 Å². The Morgan fingerprint density at radius 3 is 2.26 bits per heavy atom. The van der Waals surface area contributed by atoms with Gasteiger partial charge in [-0.1, -0.05) is 37.6 Å². The maximum Gasteiger partial charge on any atom is 0.232 e. The predicted molar refractivity (Wildman–Crippen MR) is 97.3 cm³/mol. The van der Waals surface area contributed by atoms with E-state index in [2.05, 4.69) is 29.1 Å². The molecule has 0 saturated carbocycles. The molecule has 0 saturated heterocycles. The normalized spacial score (nSPS) is 11.2. The van der Waals surface area contributed by atoms with Crippen molar-refractivity contribution in [1.82, 2.24) is 0 Å². The number of nitrogens with one attached hydrogen (secondary N) is 2. The van der Waals surface area contributed by atoms with E-state index < -0.39 is 10.0 Å². The second-order valence-electron chi connectivity index (χ2n) is 5.63. The van der Waals surface area contributed by atoms with Crippen molar-refractivity contribution in [2.24, 2.45) is 0 Å². The molecule has 0 bridgehead atoms. The number of anilines is 2. The van der Waals surface area contributed by atoms with Crippen LogP contribution in [-0.4, -0.2) is 14.2 Å². The Labute approximate surface area is 139 Å². The molecule has 2 rings (SSSR count). The number of rotatable bonds is 8. The third-order valence-corrected chi connectivity index (χ3v) is 5.04. The molecule has 0 unspecified atom stereocenters. The van der Waals surface area contributed by atoms with Crippen molar-refractivity contribution < 1.29 is 8.42 Å². The first-order chi connectivity index (χ1) is 11.0. The molecule has 0 atom stereocenters. The molecular weight excluding hydrogens is 308 g/mol. The van der Waals surface area contributed by atoms with Gasteiger partial charge in [-0.05, 0) is 48.7 Å². The van der Waals surface area contributed by atoms with E-state index >= 15 is 0 Å². The summed E-state index contributed by atoms with van der Waals surface area (Å²) >= 11 is 0. The van der Waals surface area contributed by atoms with Crippen molar-refractivity contribution >= 4 is 21.4 Å². The Morgan fingerprint density at radius 2 is 1.61 bits per heavy atom. The van der Waals surface area contributed by atoms with Crippen LogP contribution >= 0.6 is 0 Å². The number of unbranched alkanes of at least 4 members (excludes halogenated alkanes) is 1. The molecule has 0 radical (unpaired) electrons. The molecule has 2 aromatic rings. The van der Waals surface area contributed by atoms with Gasteiger partial charge >= 0.3 is 0 Å². The monoisotopic (exact) mass is 332 g/mol. The molecule has 124 valence electrons. The van der Waals surface area contributed by atoms with E-state index in [1.807, 2.05) is 31.2 Å². The lowest BCUT2D eigenvalue weighted by molar-refractivity contribution is 0.598. The van der Waals surface area contributed by atoms with Crippen LogP contribution < -0.4 is 10.0 Å². The highest BCUT2D eigenvalue weighted by Gasteiger charge is 2.09. The highest BCUT2D eigenvalue weighted by molar-refractivity contribution is 7.92. The Bertz CT molecular complexity index is 725. The van der Waals surface area contributed by atoms with Gasteiger partial charge in [0, 0.05) is 17.9 Å². The number of hydrogen-bond acceptors (Lipinski definition) is 3. The number of benzene rings is 2. The maximum atomic E-state index is 11.9. The largest absolute Gasteiger partial charge is 0.381 e. The Kier molecular flexibility index (Phi) is 6.04. The van der Waals surface area contributed by atoms with E-state index in [-0.39, 0.29) is 5.75 Å². The molecule has 5 heteroatoms. The average molecular weight is 332 g/mol. The summed E-state index contributed by atoms with van der Waals surface area (Å²) < 4.78 is 26.3. The van der Waals surface area contributed by atoms with E-state index in [1.54, 1.807) is 12.1 Å². The summed E-state index contributed by atoms with van der Waals surface area (Å²) in [4.78, 5) is 0. The Morgan fingerprint density at radius 1 is 0.957 bits per heavy atom. The zero-order valence-electron chi connectivity index (χ0n) is 13.7. The molecule has 23 heavy (non-hydrogen) atoms. The van der Waals surface area contributed by atoms with Gasteiger partial charge < -0.3 is 5.32 Å². The zero-order valence-corrected chi connectivity index (χ0v) is 14.5. The molecule has 0 aliphatic heterocycles. The molecule has 0 aromatic heterocycles. The number of sulfonamides is 1. The maximum absolute atomic E-state index is 11.9. The first kappa shape index (κ1) is 17.3. The van der Waals surface area contributed by atoms with Crippen molar-refractivity contribution in [1.29, 1.82) is 0 Å². The van der Waals surface area contributed by atoms with E-state index in [1.165, 1.54) is 11.1 Å². The smallest absolute Gasteiger partial charge is 0.232 e. The predicted octanol–water partition coefficient (Wildman–Crippen LogP) is 4.15. The van der Waals surface area contributed by atoms with Gasteiger partial charge in [0.15, 0.2) is 0 Å². The summed E-state index contributed by atoms with van der Waals surface area (Å²) in [5.74, 6) is 0.163. The third-order valence-electron chi connectivity index (χ3n) is 3.67. The fraction of sp³-hybridized carbons (Fsp3) is 0.333. The minimum absolute atomic E-state index is 0.163. The van der Waals surface area contributed by atoms with Crippen molar-refractivity contribution in [3.8, 4) is 0 Å². The highest BCUT2D eigenvalue weighted by Crippen LogP contribution is 2.17. The fourth-order valence-corrected chi connectivity index (χ4v) is 3.49. The standard InChI is InChI=1S/C18H24N2O2S/c1-3-4-13-23(21,22)20-18-11-9-17(10-12-18)19-14-16-8-6-5-7-15(16)2/h5-12,19-20H,3-4,13-14H2,1-2H3. The fourth-order valence-electron chi connectivity index (χ4n) is 2.23. The molecule has 0 amide bonds. The molecule has 0 aliphatic carbocycles. The Balaban J connectivity index is 1.93. The second-order valence-corrected chi connectivity index (χ2v) is 7.47. The van der Waals surface area contributed by atoms with Crippen molar-refractivity contribution in [3.05, 3.63) is 59.7 Å². The molecule has 0 fully saturated rings. The van der Waals surface area contributed by atoms with Crippen LogP contribution in [0.15, 0.2) is 48.5 Å². The van der Waals surface area contributed by atoms with Gasteiger partial charge in [0.1, 0.15) is 0 Å². The van der Waals surface area contributed by atoms with Crippen LogP contribution in [0.25, 0.3) is 0 Å². The molecule has 2 aromatic carbocycles. The molecule has 0 spiro atoms. The molecule has 4 nitrogen and oxygen atoms in total. The minimum atomic E-state index is -3.24. The lowest BCUT2D eigenvalue weighted by atomic mass is 10.1. The first-order valence-corrected chi connectivity index (χ1v) is 9.54. The summed E-state index contributed by atoms with van der Waals surface area (Å²) in [5.41, 5.74) is 4.06. The van der Waals surface area contributed by atoms with Crippen molar-refractivity contribution in [2.75, 3.05) is 15.8 Å². The SMILES string of the molecule is CCCCS(=O)(=O)Nc1ccc(NCc2ccccc2C)cc1. The van der Waals surface area contributed by atoms with Gasteiger partial charge in [-0.15, -0.1) is 0 Å². The van der Waals surface area contributed by atoms with Crippen LogP contribution in [0.1, 0.15) is 30.9 Å². The topological polar surface area (TPSA) is 58.2 Å². The summed E-state index contributed by atoms with van der Waals surface area (Å²) in [6.45, 7) is 4.81. The van der Waals surface area contributed by atoms with E-state index in [0.717, 1.165) is 18.7 Å². The molecule has 2 N–H and O–H groups in total. The van der Waals surface area contributed by atoms with Gasteiger partial charge in [-0.25, -0.2) is 8.42 Å². The zero-order chi connectivity index (χ0) is 16.7. The van der Waals surface area contributed by atoms with Gasteiger partial charge in [0.25, 0.3) is 0 Å². The first-order valence-electron chi connectivity index (χ1n) is 7.89. The van der Waals surface area contributed by atoms with Gasteiger partial charge in [0.05, 0.1) is 5.75 Å². The lowest BCUT2D eigenvalue weighted by Crippen LogP contribution is -2.16. The summed E-state index contributed by atoms with van der Waals surface area (Å²) in [7, 11) is -3.24. The van der Waals surface area contributed by atoms with E-state index in [4.69, 9.17) is 0 Å². The number of hydrogen-bond donors (Lipinski definition) is 2. The van der Waals surface area contributed by atoms with Crippen LogP contribution in [0.2, 0.25) is 0 Å². The van der Waals surface area contributed by atoms with Gasteiger partial charge in [0.2, 0.25) is 10.0 Å². The van der Waals surface area contributed by atoms with Gasteiger partial charge in [-0.3, -0.25) is 4.72 Å². The summed E-state index contributed by atoms with van der Waals surface area (Å²) in [6, 6.07) is 15.6. The summed E-state index contributed by atoms with van der Waals surface area (Å²) in [6.07, 6.45) is 1.54. The lowest BCUT2D eigenvalue weighted by Gasteiger charge is -2.11. The number of aryl methyl sites for hydroxylation is 1. The minimum Gasteiger partial charge on any atom is -0.381 e. The molecule has 0 heterocycles. The summed E-state index contributed by atoms with van der Waals surface area (Å²) in [5, 5.41) is 3.35. The van der Waals surface area contributed by atoms with Crippen LogP contribution in [0.5, 0.6) is 0 Å². The van der Waals surface area contributed by atoms with E-state index in [0.29, 0.717) is 12.1 Å². The highest BCUT2D eigenvalue weighted by atomic mass is 32.2. The van der Waals surface area contributed by atoms with Crippen LogP contribution in [0.4, 0.5) is 11.4 Å². The third kappa shape index (κ3) is 5.60. The average Bonchev–Trinajstić information content (AvgIpc) is 2.53. The Hall–Kier alpha value is -2.01. The van der Waals surface area contributed by atoms with Crippen LogP contribution in [0.3, 0.4) is 0 Å². The molecule has 0 aliphatic rings.